The average Bonchev–Trinajstić information content (AvgIpc) is 2.74. The highest BCUT2D eigenvalue weighted by Crippen LogP contribution is 2.24. The van der Waals surface area contributed by atoms with Crippen LogP contribution in [0, 0.1) is 0 Å². The quantitative estimate of drug-likeness (QED) is 0.441. The molecule has 2 aromatic carbocycles. The van der Waals surface area contributed by atoms with Gasteiger partial charge in [-0.2, -0.15) is 5.10 Å². The third kappa shape index (κ3) is 6.35. The van der Waals surface area contributed by atoms with E-state index in [-0.39, 0.29) is 0 Å². The molecule has 0 spiro atoms. The van der Waals surface area contributed by atoms with Crippen LogP contribution in [0.15, 0.2) is 47.6 Å². The summed E-state index contributed by atoms with van der Waals surface area (Å²) >= 11 is 0. The Morgan fingerprint density at radius 2 is 1.77 bits per heavy atom. The summed E-state index contributed by atoms with van der Waals surface area (Å²) in [6.07, 6.45) is 2.44. The van der Waals surface area contributed by atoms with Crippen molar-refractivity contribution < 1.29 is 27.4 Å². The molecule has 0 aliphatic rings. The number of carbonyl (C=O) groups is 1. The van der Waals surface area contributed by atoms with Crippen molar-refractivity contribution in [3.05, 3.63) is 48.0 Å². The van der Waals surface area contributed by atoms with Crippen LogP contribution in [0.4, 0.5) is 5.69 Å². The zero-order valence-electron chi connectivity index (χ0n) is 18.2. The number of hydrogen-bond donors (Lipinski definition) is 1. The zero-order valence-corrected chi connectivity index (χ0v) is 19.0. The Balaban J connectivity index is 2.20. The number of hydrazone groups is 1. The number of carbonyl (C=O) groups excluding carboxylic acids is 1. The molecular weight excluding hydrogens is 422 g/mol. The largest absolute Gasteiger partial charge is 0.497 e. The molecule has 31 heavy (non-hydrogen) atoms. The molecule has 0 heterocycles. The highest BCUT2D eigenvalue weighted by Gasteiger charge is 2.29. The molecule has 2 aromatic rings. The summed E-state index contributed by atoms with van der Waals surface area (Å²) in [5.41, 5.74) is 3.30. The van der Waals surface area contributed by atoms with Gasteiger partial charge in [0, 0.05) is 5.56 Å². The van der Waals surface area contributed by atoms with E-state index in [2.05, 4.69) is 10.5 Å². The van der Waals surface area contributed by atoms with Crippen molar-refractivity contribution in [1.82, 2.24) is 5.43 Å². The Labute approximate surface area is 182 Å². The van der Waals surface area contributed by atoms with E-state index in [0.29, 0.717) is 35.1 Å². The van der Waals surface area contributed by atoms with Crippen molar-refractivity contribution in [2.75, 3.05) is 31.4 Å². The molecule has 1 amide bonds. The lowest BCUT2D eigenvalue weighted by molar-refractivity contribution is -0.121. The Hall–Kier alpha value is -3.27. The Bertz CT molecular complexity index is 1020. The summed E-state index contributed by atoms with van der Waals surface area (Å²) in [7, 11) is -0.692. The SMILES string of the molecule is CCOc1ccc(N([C@H](C)C(=O)N/N=C\c2cc(OC)ccc2OC)S(C)(=O)=O)cc1. The Morgan fingerprint density at radius 1 is 1.13 bits per heavy atom. The van der Waals surface area contributed by atoms with Gasteiger partial charge in [0.2, 0.25) is 10.0 Å². The minimum Gasteiger partial charge on any atom is -0.497 e. The van der Waals surface area contributed by atoms with Gasteiger partial charge < -0.3 is 14.2 Å². The highest BCUT2D eigenvalue weighted by atomic mass is 32.2. The molecule has 0 bridgehead atoms. The molecule has 0 aliphatic carbocycles. The number of nitrogens with one attached hydrogen (secondary N) is 1. The van der Waals surface area contributed by atoms with Crippen LogP contribution >= 0.6 is 0 Å². The lowest BCUT2D eigenvalue weighted by atomic mass is 10.2. The number of rotatable bonds is 10. The van der Waals surface area contributed by atoms with Crippen molar-refractivity contribution in [3.63, 3.8) is 0 Å². The van der Waals surface area contributed by atoms with Crippen LogP contribution in [0.25, 0.3) is 0 Å². The van der Waals surface area contributed by atoms with Gasteiger partial charge in [-0.05, 0) is 56.3 Å². The maximum Gasteiger partial charge on any atom is 0.263 e. The molecule has 0 saturated heterocycles. The van der Waals surface area contributed by atoms with Gasteiger partial charge in [0.25, 0.3) is 5.91 Å². The molecule has 0 aliphatic heterocycles. The van der Waals surface area contributed by atoms with E-state index in [1.807, 2.05) is 6.92 Å². The van der Waals surface area contributed by atoms with E-state index in [0.717, 1.165) is 10.6 Å². The van der Waals surface area contributed by atoms with Gasteiger partial charge in [0.15, 0.2) is 0 Å². The van der Waals surface area contributed by atoms with Gasteiger partial charge in [-0.3, -0.25) is 9.10 Å². The monoisotopic (exact) mass is 449 g/mol. The van der Waals surface area contributed by atoms with Gasteiger partial charge in [-0.15, -0.1) is 0 Å². The molecule has 9 nitrogen and oxygen atoms in total. The lowest BCUT2D eigenvalue weighted by Crippen LogP contribution is -2.46. The van der Waals surface area contributed by atoms with Crippen molar-refractivity contribution >= 4 is 27.8 Å². The average molecular weight is 450 g/mol. The van der Waals surface area contributed by atoms with Crippen molar-refractivity contribution in [2.45, 2.75) is 19.9 Å². The summed E-state index contributed by atoms with van der Waals surface area (Å²) in [6, 6.07) is 10.6. The number of sulfonamides is 1. The summed E-state index contributed by atoms with van der Waals surface area (Å²) in [5.74, 6) is 1.14. The summed E-state index contributed by atoms with van der Waals surface area (Å²) in [5, 5.41) is 3.94. The molecule has 10 heteroatoms. The number of methoxy groups -OCH3 is 2. The Kier molecular flexibility index (Phi) is 8.26. The molecule has 1 atom stereocenters. The second-order valence-electron chi connectivity index (χ2n) is 6.50. The molecular formula is C21H27N3O6S. The Morgan fingerprint density at radius 3 is 2.32 bits per heavy atom. The summed E-state index contributed by atoms with van der Waals surface area (Å²) < 4.78 is 41.6. The normalized spacial score (nSPS) is 12.3. The first-order valence-corrected chi connectivity index (χ1v) is 11.3. The number of ether oxygens (including phenoxy) is 3. The number of hydrogen-bond acceptors (Lipinski definition) is 7. The molecule has 0 unspecified atom stereocenters. The smallest absolute Gasteiger partial charge is 0.263 e. The number of nitrogens with zero attached hydrogens (tertiary/aromatic N) is 2. The summed E-state index contributed by atoms with van der Waals surface area (Å²) in [4.78, 5) is 12.6. The first-order valence-electron chi connectivity index (χ1n) is 9.48. The fourth-order valence-electron chi connectivity index (χ4n) is 2.86. The van der Waals surface area contributed by atoms with Gasteiger partial charge >= 0.3 is 0 Å². The fourth-order valence-corrected chi connectivity index (χ4v) is 4.04. The third-order valence-electron chi connectivity index (χ3n) is 4.31. The van der Waals surface area contributed by atoms with E-state index in [4.69, 9.17) is 14.2 Å². The van der Waals surface area contributed by atoms with Gasteiger partial charge in [-0.25, -0.2) is 13.8 Å². The number of anilines is 1. The van der Waals surface area contributed by atoms with Gasteiger partial charge in [-0.1, -0.05) is 0 Å². The highest BCUT2D eigenvalue weighted by molar-refractivity contribution is 7.92. The lowest BCUT2D eigenvalue weighted by Gasteiger charge is -2.27. The zero-order chi connectivity index (χ0) is 23.0. The van der Waals surface area contributed by atoms with E-state index in [9.17, 15) is 13.2 Å². The van der Waals surface area contributed by atoms with Crippen LogP contribution in [-0.4, -0.2) is 53.7 Å². The van der Waals surface area contributed by atoms with Crippen LogP contribution in [0.3, 0.4) is 0 Å². The second kappa shape index (κ2) is 10.7. The minimum atomic E-state index is -3.74. The third-order valence-corrected chi connectivity index (χ3v) is 5.55. The van der Waals surface area contributed by atoms with Crippen LogP contribution in [0.2, 0.25) is 0 Å². The molecule has 1 N–H and O–H groups in total. The van der Waals surface area contributed by atoms with E-state index in [1.165, 1.54) is 27.4 Å². The van der Waals surface area contributed by atoms with E-state index < -0.39 is 22.0 Å². The first-order chi connectivity index (χ1) is 14.7. The molecule has 0 fully saturated rings. The van der Waals surface area contributed by atoms with E-state index in [1.54, 1.807) is 42.5 Å². The van der Waals surface area contributed by atoms with Crippen molar-refractivity contribution in [2.24, 2.45) is 5.10 Å². The van der Waals surface area contributed by atoms with Crippen LogP contribution in [0.1, 0.15) is 19.4 Å². The topological polar surface area (TPSA) is 107 Å². The predicted molar refractivity (Wildman–Crippen MR) is 120 cm³/mol. The minimum absolute atomic E-state index is 0.340. The standard InChI is InChI=1S/C21H27N3O6S/c1-6-30-18-9-7-17(8-10-18)24(31(5,26)27)15(2)21(25)23-22-14-16-13-19(28-3)11-12-20(16)29-4/h7-15H,6H2,1-5H3,(H,23,25)/b22-14-/t15-/m1/s1. The molecule has 168 valence electrons. The van der Waals surface area contributed by atoms with Crippen LogP contribution < -0.4 is 23.9 Å². The number of amides is 1. The maximum atomic E-state index is 12.6. The van der Waals surface area contributed by atoms with Gasteiger partial charge in [0.1, 0.15) is 23.3 Å². The van der Waals surface area contributed by atoms with Crippen LogP contribution in [0.5, 0.6) is 17.2 Å². The molecule has 0 radical (unpaired) electrons. The molecule has 0 aromatic heterocycles. The molecule has 0 saturated carbocycles. The number of benzene rings is 2. The van der Waals surface area contributed by atoms with E-state index >= 15 is 0 Å². The fraction of sp³-hybridized carbons (Fsp3) is 0.333. The first kappa shape index (κ1) is 24.0. The predicted octanol–water partition coefficient (Wildman–Crippen LogP) is 2.41. The second-order valence-corrected chi connectivity index (χ2v) is 8.36. The van der Waals surface area contributed by atoms with Crippen molar-refractivity contribution in [1.29, 1.82) is 0 Å². The maximum absolute atomic E-state index is 12.6. The van der Waals surface area contributed by atoms with Crippen molar-refractivity contribution in [3.8, 4) is 17.2 Å². The van der Waals surface area contributed by atoms with Crippen LogP contribution in [-0.2, 0) is 14.8 Å². The summed E-state index contributed by atoms with van der Waals surface area (Å²) in [6.45, 7) is 3.82. The van der Waals surface area contributed by atoms with Gasteiger partial charge in [0.05, 0.1) is 39.0 Å². The molecule has 2 rings (SSSR count).